The van der Waals surface area contributed by atoms with E-state index in [1.165, 1.54) is 11.1 Å². The number of hydrogen-bond donors (Lipinski definition) is 0. The van der Waals surface area contributed by atoms with E-state index in [0.717, 1.165) is 33.2 Å². The molecule has 52 heavy (non-hydrogen) atoms. The average molecular weight is 686 g/mol. The summed E-state index contributed by atoms with van der Waals surface area (Å²) < 4.78 is 41.1. The first-order valence-corrected chi connectivity index (χ1v) is 18.0. The van der Waals surface area contributed by atoms with E-state index < -0.39 is 6.85 Å². The molecule has 4 aromatic heterocycles. The first kappa shape index (κ1) is 28.9. The second-order valence-corrected chi connectivity index (χ2v) is 15.5. The Hall–Kier alpha value is -5.75. The highest BCUT2D eigenvalue weighted by Gasteiger charge is 2.27. The lowest BCUT2D eigenvalue weighted by Gasteiger charge is -2.24. The quantitative estimate of drug-likeness (QED) is 0.180. The Bertz CT molecular complexity index is 2930. The largest absolute Gasteiger partial charge is 0.438 e. The molecule has 5 aromatic carbocycles. The fourth-order valence-electron chi connectivity index (χ4n) is 7.46. The zero-order valence-electron chi connectivity index (χ0n) is 33.5. The van der Waals surface area contributed by atoms with Crippen LogP contribution in [0.2, 0.25) is 0 Å². The highest BCUT2D eigenvalue weighted by atomic mass is 16.4. The van der Waals surface area contributed by atoms with Crippen molar-refractivity contribution in [3.05, 3.63) is 120 Å². The maximum atomic E-state index is 8.61. The fraction of sp³-hybridized carbons (Fsp3) is 0.239. The second-order valence-electron chi connectivity index (χ2n) is 15.5. The highest BCUT2D eigenvalue weighted by Crippen LogP contribution is 2.44. The van der Waals surface area contributed by atoms with E-state index in [-0.39, 0.29) is 22.8 Å². The minimum Gasteiger partial charge on any atom is -0.438 e. The van der Waals surface area contributed by atoms with Crippen LogP contribution in [0, 0.1) is 6.85 Å². The van der Waals surface area contributed by atoms with Gasteiger partial charge in [0.05, 0.1) is 22.3 Å². The molecule has 0 saturated carbocycles. The minimum atomic E-state index is -2.41. The van der Waals surface area contributed by atoms with Gasteiger partial charge in [-0.1, -0.05) is 103 Å². The number of nitrogens with zero attached hydrogens (tertiary/aromatic N) is 4. The number of hydrogen-bond acceptors (Lipinski definition) is 5. The van der Waals surface area contributed by atoms with Crippen molar-refractivity contribution in [2.75, 3.05) is 0 Å². The molecular weight excluding hydrogens is 641 g/mol. The summed E-state index contributed by atoms with van der Waals surface area (Å²) in [6, 6.07) is 32.6. The number of aryl methyl sites for hydroxylation is 1. The van der Waals surface area contributed by atoms with Crippen molar-refractivity contribution >= 4 is 55.1 Å². The summed E-state index contributed by atoms with van der Waals surface area (Å²) in [7, 11) is 0. The van der Waals surface area contributed by atoms with Crippen LogP contribution < -0.4 is 0 Å². The predicted octanol–water partition coefficient (Wildman–Crippen LogP) is 12.8. The maximum Gasteiger partial charge on any atom is 0.228 e. The number of imidazole rings is 1. The molecule has 0 aliphatic carbocycles. The first-order chi connectivity index (χ1) is 26.2. The predicted molar refractivity (Wildman–Crippen MR) is 214 cm³/mol. The molecule has 0 N–H and O–H groups in total. The van der Waals surface area contributed by atoms with Gasteiger partial charge in [0.15, 0.2) is 5.58 Å². The molecule has 0 saturated heterocycles. The lowest BCUT2D eigenvalue weighted by molar-refractivity contribution is 0.411. The molecule has 0 aliphatic rings. The van der Waals surface area contributed by atoms with Gasteiger partial charge in [-0.2, -0.15) is 0 Å². The molecule has 258 valence electrons. The van der Waals surface area contributed by atoms with Crippen LogP contribution in [0.5, 0.6) is 0 Å². The van der Waals surface area contributed by atoms with Gasteiger partial charge in [0.25, 0.3) is 0 Å². The van der Waals surface area contributed by atoms with Crippen molar-refractivity contribution in [3.63, 3.8) is 0 Å². The summed E-state index contributed by atoms with van der Waals surface area (Å²) in [4.78, 5) is 15.1. The normalized spacial score (nSPS) is 13.7. The molecule has 9 rings (SSSR count). The Morgan fingerprint density at radius 2 is 1.42 bits per heavy atom. The first-order valence-electron chi connectivity index (χ1n) is 19.5. The number of fused-ring (bicyclic) bond motifs is 7. The Morgan fingerprint density at radius 3 is 2.13 bits per heavy atom. The number of oxazole rings is 1. The third-order valence-electron chi connectivity index (χ3n) is 10.1. The molecule has 9 aromatic rings. The monoisotopic (exact) mass is 685 g/mol. The third-order valence-corrected chi connectivity index (χ3v) is 10.1. The van der Waals surface area contributed by atoms with E-state index in [4.69, 9.17) is 27.9 Å². The van der Waals surface area contributed by atoms with E-state index in [1.807, 2.05) is 48.5 Å². The number of aromatic nitrogens is 4. The SMILES string of the molecule is [2H]C([2H])([2H])c1ccc(-c2nc3ccccc3n2-c2c(C(C)C)cc(-c3ccccc3)cc2C(C)C)c2oc3nc4c(ccc5nc(C(C)(C)C)oc54)cc3c12. The van der Waals surface area contributed by atoms with Crippen LogP contribution >= 0.6 is 0 Å². The zero-order chi connectivity index (χ0) is 38.6. The van der Waals surface area contributed by atoms with Gasteiger partial charge in [0.2, 0.25) is 11.6 Å². The lowest BCUT2D eigenvalue weighted by atomic mass is 9.88. The Balaban J connectivity index is 1.38. The summed E-state index contributed by atoms with van der Waals surface area (Å²) in [6.45, 7) is 12.7. The van der Waals surface area contributed by atoms with E-state index >= 15 is 0 Å². The second kappa shape index (κ2) is 11.6. The van der Waals surface area contributed by atoms with Crippen LogP contribution in [0.15, 0.2) is 106 Å². The van der Waals surface area contributed by atoms with Gasteiger partial charge in [-0.3, -0.25) is 4.57 Å². The van der Waals surface area contributed by atoms with Crippen LogP contribution in [0.25, 0.3) is 83.3 Å². The van der Waals surface area contributed by atoms with E-state index in [2.05, 4.69) is 95.5 Å². The van der Waals surface area contributed by atoms with Crippen molar-refractivity contribution in [3.8, 4) is 28.2 Å². The maximum absolute atomic E-state index is 8.61. The number of furan rings is 1. The molecule has 6 heteroatoms. The Morgan fingerprint density at radius 1 is 0.692 bits per heavy atom. The number of para-hydroxylation sites is 2. The van der Waals surface area contributed by atoms with E-state index in [0.29, 0.717) is 56.0 Å². The summed E-state index contributed by atoms with van der Waals surface area (Å²) in [5.41, 5.74) is 10.8. The van der Waals surface area contributed by atoms with Gasteiger partial charge >= 0.3 is 0 Å². The minimum absolute atomic E-state index is 0.178. The molecule has 4 heterocycles. The number of rotatable bonds is 5. The summed E-state index contributed by atoms with van der Waals surface area (Å²) in [5, 5.41) is 1.92. The molecule has 0 unspecified atom stereocenters. The third kappa shape index (κ3) is 4.95. The van der Waals surface area contributed by atoms with Crippen LogP contribution in [-0.2, 0) is 5.41 Å². The average Bonchev–Trinajstić information content (AvgIpc) is 3.87. The van der Waals surface area contributed by atoms with Crippen molar-refractivity contribution in [2.45, 2.75) is 72.6 Å². The van der Waals surface area contributed by atoms with E-state index in [9.17, 15) is 0 Å². The highest BCUT2D eigenvalue weighted by molar-refractivity contribution is 6.14. The van der Waals surface area contributed by atoms with Gasteiger partial charge in [0, 0.05) is 25.7 Å². The molecule has 0 bridgehead atoms. The van der Waals surface area contributed by atoms with E-state index in [1.54, 1.807) is 6.07 Å². The van der Waals surface area contributed by atoms with Crippen molar-refractivity contribution in [2.24, 2.45) is 0 Å². The molecule has 6 nitrogen and oxygen atoms in total. The van der Waals surface area contributed by atoms with Gasteiger partial charge in [-0.15, -0.1) is 0 Å². The van der Waals surface area contributed by atoms with Crippen LogP contribution in [-0.4, -0.2) is 19.5 Å². The molecular formula is C46H42N4O2. The summed E-state index contributed by atoms with van der Waals surface area (Å²) in [6.07, 6.45) is 0. The van der Waals surface area contributed by atoms with Gasteiger partial charge in [-0.05, 0) is 89.0 Å². The standard InChI is InChI=1S/C46H42N4O2/c1-25(2)32-23-30(28-14-10-9-11-15-28)24-33(26(3)4)40(32)50-37-17-13-12-16-35(37)47-43(50)31-20-18-27(5)38-34-22-29-19-21-36-42(52-45(48-36)46(6,7)8)39(29)49-44(34)51-41(31)38/h9-26H,1-8H3/i5D3. The Kier molecular flexibility index (Phi) is 6.47. The molecule has 0 spiro atoms. The van der Waals surface area contributed by atoms with Crippen LogP contribution in [0.4, 0.5) is 0 Å². The zero-order valence-corrected chi connectivity index (χ0v) is 30.5. The van der Waals surface area contributed by atoms with Gasteiger partial charge < -0.3 is 8.83 Å². The molecule has 0 fully saturated rings. The lowest BCUT2D eigenvalue weighted by Crippen LogP contribution is -2.10. The molecule has 0 amide bonds. The smallest absolute Gasteiger partial charge is 0.228 e. The molecule has 0 radical (unpaired) electrons. The summed E-state index contributed by atoms with van der Waals surface area (Å²) in [5.74, 6) is 1.64. The fourth-order valence-corrected chi connectivity index (χ4v) is 7.46. The molecule has 0 atom stereocenters. The Labute approximate surface area is 307 Å². The number of benzene rings is 5. The van der Waals surface area contributed by atoms with Gasteiger partial charge in [0.1, 0.15) is 22.4 Å². The number of pyridine rings is 1. The van der Waals surface area contributed by atoms with Crippen molar-refractivity contribution in [1.82, 2.24) is 19.5 Å². The van der Waals surface area contributed by atoms with Crippen LogP contribution in [0.3, 0.4) is 0 Å². The van der Waals surface area contributed by atoms with Crippen molar-refractivity contribution < 1.29 is 12.9 Å². The van der Waals surface area contributed by atoms with Crippen LogP contribution in [0.1, 0.15) is 87.0 Å². The van der Waals surface area contributed by atoms with Gasteiger partial charge in [-0.25, -0.2) is 15.0 Å². The molecule has 0 aliphatic heterocycles. The topological polar surface area (TPSA) is 69.9 Å². The van der Waals surface area contributed by atoms with Crippen molar-refractivity contribution in [1.29, 1.82) is 0 Å². The summed E-state index contributed by atoms with van der Waals surface area (Å²) >= 11 is 0.